The fraction of sp³-hybridized carbons (Fsp3) is 0.0769. The molecular weight excluding hydrogens is 450 g/mol. The van der Waals surface area contributed by atoms with Crippen LogP contribution in [-0.4, -0.2) is 21.7 Å². The van der Waals surface area contributed by atoms with E-state index in [9.17, 15) is 0 Å². The van der Waals surface area contributed by atoms with Gasteiger partial charge in [0, 0.05) is 23.3 Å². The van der Waals surface area contributed by atoms with Crippen LogP contribution >= 0.6 is 15.9 Å². The van der Waals surface area contributed by atoms with Crippen LogP contribution in [0.3, 0.4) is 0 Å². The summed E-state index contributed by atoms with van der Waals surface area (Å²) in [6, 6.07) is 29.1. The molecule has 0 saturated heterocycles. The van der Waals surface area contributed by atoms with Gasteiger partial charge < -0.3 is 4.74 Å². The molecule has 0 aliphatic carbocycles. The second-order valence-electron chi connectivity index (χ2n) is 7.27. The summed E-state index contributed by atoms with van der Waals surface area (Å²) >= 11 is 3.51. The fourth-order valence-electron chi connectivity index (χ4n) is 3.82. The summed E-state index contributed by atoms with van der Waals surface area (Å²) in [4.78, 5) is 4.67. The van der Waals surface area contributed by atoms with Gasteiger partial charge in [-0.05, 0) is 34.9 Å². The lowest BCUT2D eigenvalue weighted by Gasteiger charge is -2.07. The van der Waals surface area contributed by atoms with Crippen molar-refractivity contribution < 1.29 is 4.74 Å². The Morgan fingerprint density at radius 1 is 0.774 bits per heavy atom. The van der Waals surface area contributed by atoms with Crippen molar-refractivity contribution in [2.24, 2.45) is 0 Å². The maximum atomic E-state index is 5.44. The molecule has 2 heterocycles. The molecule has 0 aliphatic heterocycles. The van der Waals surface area contributed by atoms with Gasteiger partial charge in [-0.25, -0.2) is 9.50 Å². The highest BCUT2D eigenvalue weighted by Gasteiger charge is 2.18. The van der Waals surface area contributed by atoms with Crippen molar-refractivity contribution in [3.63, 3.8) is 0 Å². The van der Waals surface area contributed by atoms with Crippen LogP contribution in [-0.2, 0) is 11.3 Å². The number of benzene rings is 3. The molecule has 0 fully saturated rings. The number of rotatable bonds is 5. The first-order valence-electron chi connectivity index (χ1n) is 10.0. The lowest BCUT2D eigenvalue weighted by Crippen LogP contribution is -1.96. The molecule has 0 saturated carbocycles. The maximum absolute atomic E-state index is 5.44. The SMILES string of the molecule is COCc1nn2c(-c3ccc(-c4ccccc4)cc3)ccnc2c1-c1ccc(Br)cc1. The smallest absolute Gasteiger partial charge is 0.163 e. The van der Waals surface area contributed by atoms with Crippen LogP contribution in [0, 0.1) is 0 Å². The van der Waals surface area contributed by atoms with Gasteiger partial charge in [-0.1, -0.05) is 82.7 Å². The number of hydrogen-bond donors (Lipinski definition) is 0. The molecule has 5 heteroatoms. The van der Waals surface area contributed by atoms with Crippen LogP contribution in [0.5, 0.6) is 0 Å². The van der Waals surface area contributed by atoms with Gasteiger partial charge >= 0.3 is 0 Å². The number of ether oxygens (including phenoxy) is 1. The zero-order valence-corrected chi connectivity index (χ0v) is 18.6. The number of fused-ring (bicyclic) bond motifs is 1. The Hall–Kier alpha value is -3.28. The summed E-state index contributed by atoms with van der Waals surface area (Å²) in [5, 5.41) is 4.88. The number of aromatic nitrogens is 3. The molecule has 0 spiro atoms. The van der Waals surface area contributed by atoms with Crippen LogP contribution in [0.15, 0.2) is 95.6 Å². The third-order valence-electron chi connectivity index (χ3n) is 5.29. The highest BCUT2D eigenvalue weighted by atomic mass is 79.9. The van der Waals surface area contributed by atoms with Crippen molar-refractivity contribution in [3.05, 3.63) is 101 Å². The van der Waals surface area contributed by atoms with Crippen LogP contribution in [0.25, 0.3) is 39.2 Å². The molecule has 0 aliphatic rings. The van der Waals surface area contributed by atoms with Crippen molar-refractivity contribution in [2.75, 3.05) is 7.11 Å². The van der Waals surface area contributed by atoms with Gasteiger partial charge in [0.2, 0.25) is 0 Å². The first kappa shape index (κ1) is 19.7. The van der Waals surface area contributed by atoms with Gasteiger partial charge in [-0.15, -0.1) is 0 Å². The lowest BCUT2D eigenvalue weighted by molar-refractivity contribution is 0.181. The van der Waals surface area contributed by atoms with Crippen molar-refractivity contribution in [2.45, 2.75) is 6.61 Å². The Balaban J connectivity index is 1.63. The van der Waals surface area contributed by atoms with E-state index < -0.39 is 0 Å². The average molecular weight is 470 g/mol. The van der Waals surface area contributed by atoms with Gasteiger partial charge in [0.05, 0.1) is 23.6 Å². The molecule has 3 aromatic carbocycles. The maximum Gasteiger partial charge on any atom is 0.163 e. The van der Waals surface area contributed by atoms with Gasteiger partial charge in [0.15, 0.2) is 5.65 Å². The van der Waals surface area contributed by atoms with E-state index in [0.29, 0.717) is 6.61 Å². The monoisotopic (exact) mass is 469 g/mol. The highest BCUT2D eigenvalue weighted by Crippen LogP contribution is 2.32. The van der Waals surface area contributed by atoms with Crippen molar-refractivity contribution in [1.29, 1.82) is 0 Å². The third kappa shape index (κ3) is 3.78. The predicted molar refractivity (Wildman–Crippen MR) is 128 cm³/mol. The van der Waals surface area contributed by atoms with Crippen LogP contribution in [0.1, 0.15) is 5.69 Å². The molecule has 0 unspecified atom stereocenters. The van der Waals surface area contributed by atoms with Gasteiger partial charge in [0.25, 0.3) is 0 Å². The Labute approximate surface area is 189 Å². The molecular formula is C26H20BrN3O. The second kappa shape index (κ2) is 8.46. The van der Waals surface area contributed by atoms with Crippen molar-refractivity contribution >= 4 is 21.6 Å². The Bertz CT molecular complexity index is 1330. The number of nitrogens with zero attached hydrogens (tertiary/aromatic N) is 3. The molecule has 2 aromatic heterocycles. The van der Waals surface area contributed by atoms with Gasteiger partial charge in [-0.2, -0.15) is 5.10 Å². The minimum atomic E-state index is 0.418. The topological polar surface area (TPSA) is 39.4 Å². The molecule has 0 bridgehead atoms. The van der Waals surface area contributed by atoms with Crippen molar-refractivity contribution in [3.8, 4) is 33.5 Å². The first-order valence-corrected chi connectivity index (χ1v) is 10.8. The average Bonchev–Trinajstić information content (AvgIpc) is 3.19. The first-order chi connectivity index (χ1) is 15.2. The zero-order chi connectivity index (χ0) is 21.2. The largest absolute Gasteiger partial charge is 0.378 e. The van der Waals surface area contributed by atoms with Crippen LogP contribution < -0.4 is 0 Å². The molecule has 0 atom stereocenters. The quantitative estimate of drug-likeness (QED) is 0.289. The third-order valence-corrected chi connectivity index (χ3v) is 5.82. The standard InChI is InChI=1S/C26H20BrN3O/c1-31-17-23-25(21-11-13-22(27)14-12-21)26-28-16-15-24(30(26)29-23)20-9-7-19(8-10-20)18-5-3-2-4-6-18/h2-16H,17H2,1H3. The molecule has 152 valence electrons. The van der Waals surface area contributed by atoms with E-state index in [4.69, 9.17) is 9.84 Å². The Morgan fingerprint density at radius 2 is 1.42 bits per heavy atom. The van der Waals surface area contributed by atoms with E-state index in [1.807, 2.05) is 35.0 Å². The number of hydrogen-bond acceptors (Lipinski definition) is 3. The zero-order valence-electron chi connectivity index (χ0n) is 17.0. The van der Waals surface area contributed by atoms with E-state index >= 15 is 0 Å². The highest BCUT2D eigenvalue weighted by molar-refractivity contribution is 9.10. The van der Waals surface area contributed by atoms with Gasteiger partial charge in [-0.3, -0.25) is 0 Å². The summed E-state index contributed by atoms with van der Waals surface area (Å²) in [5.41, 5.74) is 8.21. The molecule has 0 amide bonds. The normalized spacial score (nSPS) is 11.2. The lowest BCUT2D eigenvalue weighted by atomic mass is 10.0. The summed E-state index contributed by atoms with van der Waals surface area (Å²) in [6.45, 7) is 0.418. The second-order valence-corrected chi connectivity index (χ2v) is 8.19. The van der Waals surface area contributed by atoms with Gasteiger partial charge in [0.1, 0.15) is 0 Å². The van der Waals surface area contributed by atoms with Crippen molar-refractivity contribution in [1.82, 2.24) is 14.6 Å². The van der Waals surface area contributed by atoms with E-state index in [-0.39, 0.29) is 0 Å². The Kier molecular flexibility index (Phi) is 5.37. The summed E-state index contributed by atoms with van der Waals surface area (Å²) in [6.07, 6.45) is 1.84. The molecule has 0 radical (unpaired) electrons. The molecule has 31 heavy (non-hydrogen) atoms. The molecule has 5 aromatic rings. The summed E-state index contributed by atoms with van der Waals surface area (Å²) < 4.78 is 8.40. The van der Waals surface area contributed by atoms with E-state index in [1.54, 1.807) is 7.11 Å². The Morgan fingerprint density at radius 3 is 2.13 bits per heavy atom. The number of halogens is 1. The predicted octanol–water partition coefficient (Wildman–Crippen LogP) is 6.64. The van der Waals surface area contributed by atoms with E-state index in [2.05, 4.69) is 81.6 Å². The summed E-state index contributed by atoms with van der Waals surface area (Å²) in [7, 11) is 1.69. The molecule has 4 nitrogen and oxygen atoms in total. The minimum absolute atomic E-state index is 0.418. The number of methoxy groups -OCH3 is 1. The fourth-order valence-corrected chi connectivity index (χ4v) is 4.09. The van der Waals surface area contributed by atoms with E-state index in [0.717, 1.165) is 38.2 Å². The van der Waals surface area contributed by atoms with Crippen LogP contribution in [0.2, 0.25) is 0 Å². The molecule has 5 rings (SSSR count). The van der Waals surface area contributed by atoms with E-state index in [1.165, 1.54) is 11.1 Å². The molecule has 0 N–H and O–H groups in total. The van der Waals surface area contributed by atoms with Crippen LogP contribution in [0.4, 0.5) is 0 Å². The minimum Gasteiger partial charge on any atom is -0.378 e. The summed E-state index contributed by atoms with van der Waals surface area (Å²) in [5.74, 6) is 0.